The van der Waals surface area contributed by atoms with Crippen LogP contribution in [0.25, 0.3) is 0 Å². The van der Waals surface area contributed by atoms with E-state index in [0.29, 0.717) is 31.6 Å². The van der Waals surface area contributed by atoms with Gasteiger partial charge >= 0.3 is 0 Å². The van der Waals surface area contributed by atoms with Crippen LogP contribution in [0.1, 0.15) is 27.2 Å². The first-order valence-electron chi connectivity index (χ1n) is 6.81. The highest BCUT2D eigenvalue weighted by atomic mass is 32.2. The average molecular weight is 274 g/mol. The van der Waals surface area contributed by atoms with Crippen LogP contribution in [0.5, 0.6) is 0 Å². The molecule has 0 saturated carbocycles. The van der Waals surface area contributed by atoms with Crippen molar-refractivity contribution in [2.75, 3.05) is 31.3 Å². The van der Waals surface area contributed by atoms with E-state index in [0.717, 1.165) is 18.1 Å². The fourth-order valence-corrected chi connectivity index (χ4v) is 2.84. The highest BCUT2D eigenvalue weighted by Gasteiger charge is 2.20. The van der Waals surface area contributed by atoms with Crippen LogP contribution in [0, 0.1) is 5.92 Å². The highest BCUT2D eigenvalue weighted by molar-refractivity contribution is 7.99. The van der Waals surface area contributed by atoms with Crippen molar-refractivity contribution < 1.29 is 9.53 Å². The van der Waals surface area contributed by atoms with Crippen molar-refractivity contribution in [3.8, 4) is 0 Å². The van der Waals surface area contributed by atoms with Gasteiger partial charge in [-0.1, -0.05) is 13.8 Å². The summed E-state index contributed by atoms with van der Waals surface area (Å²) in [5, 5.41) is 6.47. The maximum Gasteiger partial charge on any atom is 0.221 e. The quantitative estimate of drug-likeness (QED) is 0.734. The molecule has 0 spiro atoms. The van der Waals surface area contributed by atoms with Crippen LogP contribution in [-0.2, 0) is 9.53 Å². The molecule has 0 aromatic heterocycles. The maximum absolute atomic E-state index is 12.0. The molecule has 1 fully saturated rings. The van der Waals surface area contributed by atoms with Crippen molar-refractivity contribution in [1.29, 1.82) is 0 Å². The van der Waals surface area contributed by atoms with Crippen molar-refractivity contribution in [3.63, 3.8) is 0 Å². The summed E-state index contributed by atoms with van der Waals surface area (Å²) in [7, 11) is 0. The van der Waals surface area contributed by atoms with Crippen LogP contribution in [0.2, 0.25) is 0 Å². The van der Waals surface area contributed by atoms with Crippen LogP contribution in [0.15, 0.2) is 0 Å². The number of nitrogens with one attached hydrogen (secondary N) is 2. The van der Waals surface area contributed by atoms with E-state index in [-0.39, 0.29) is 11.9 Å². The second-order valence-corrected chi connectivity index (χ2v) is 6.16. The van der Waals surface area contributed by atoms with Crippen LogP contribution < -0.4 is 10.6 Å². The molecule has 0 radical (unpaired) electrons. The molecule has 5 heteroatoms. The van der Waals surface area contributed by atoms with Crippen molar-refractivity contribution >= 4 is 17.7 Å². The third-order valence-electron chi connectivity index (χ3n) is 3.08. The van der Waals surface area contributed by atoms with Gasteiger partial charge in [-0.05, 0) is 12.8 Å². The predicted molar refractivity (Wildman–Crippen MR) is 77.0 cm³/mol. The Morgan fingerprint density at radius 1 is 1.56 bits per heavy atom. The van der Waals surface area contributed by atoms with E-state index in [9.17, 15) is 4.79 Å². The first-order valence-corrected chi connectivity index (χ1v) is 7.97. The summed E-state index contributed by atoms with van der Waals surface area (Å²) < 4.78 is 5.41. The zero-order valence-corrected chi connectivity index (χ0v) is 12.5. The fraction of sp³-hybridized carbons (Fsp3) is 0.923. The molecular formula is C13H26N2O2S. The summed E-state index contributed by atoms with van der Waals surface area (Å²) in [5.41, 5.74) is 0. The summed E-state index contributed by atoms with van der Waals surface area (Å²) in [6.07, 6.45) is 0.572. The predicted octanol–water partition coefficient (Wildman–Crippen LogP) is 1.26. The monoisotopic (exact) mass is 274 g/mol. The van der Waals surface area contributed by atoms with Gasteiger partial charge in [0, 0.05) is 37.1 Å². The molecule has 0 aromatic carbocycles. The number of carbonyl (C=O) groups is 1. The molecule has 1 saturated heterocycles. The van der Waals surface area contributed by atoms with Crippen molar-refractivity contribution in [3.05, 3.63) is 0 Å². The Labute approximate surface area is 115 Å². The van der Waals surface area contributed by atoms with Crippen LogP contribution in [0.3, 0.4) is 0 Å². The van der Waals surface area contributed by atoms with Gasteiger partial charge in [0.2, 0.25) is 5.91 Å². The lowest BCUT2D eigenvalue weighted by molar-refractivity contribution is -0.123. The molecule has 1 amide bonds. The van der Waals surface area contributed by atoms with Crippen LogP contribution >= 0.6 is 11.8 Å². The number of ether oxygens (including phenoxy) is 1. The van der Waals surface area contributed by atoms with Gasteiger partial charge in [-0.15, -0.1) is 0 Å². The van der Waals surface area contributed by atoms with E-state index in [1.54, 1.807) is 0 Å². The largest absolute Gasteiger partial charge is 0.380 e. The second kappa shape index (κ2) is 8.77. The Morgan fingerprint density at radius 3 is 2.89 bits per heavy atom. The first kappa shape index (κ1) is 15.8. The summed E-state index contributed by atoms with van der Waals surface area (Å²) >= 11 is 1.92. The fourth-order valence-electron chi connectivity index (χ4n) is 1.89. The summed E-state index contributed by atoms with van der Waals surface area (Å²) in [6.45, 7) is 8.50. The van der Waals surface area contributed by atoms with Crippen LogP contribution in [0.4, 0.5) is 0 Å². The highest BCUT2D eigenvalue weighted by Crippen LogP contribution is 2.10. The Kier molecular flexibility index (Phi) is 7.70. The van der Waals surface area contributed by atoms with Crippen LogP contribution in [-0.4, -0.2) is 49.3 Å². The van der Waals surface area contributed by atoms with E-state index in [2.05, 4.69) is 24.5 Å². The molecule has 0 bridgehead atoms. The number of hydrogen-bond donors (Lipinski definition) is 2. The summed E-state index contributed by atoms with van der Waals surface area (Å²) in [4.78, 5) is 12.0. The van der Waals surface area contributed by atoms with Gasteiger partial charge in [0.05, 0.1) is 12.6 Å². The van der Waals surface area contributed by atoms with Crippen molar-refractivity contribution in [2.24, 2.45) is 5.92 Å². The van der Waals surface area contributed by atoms with Gasteiger partial charge in [0.15, 0.2) is 0 Å². The lowest BCUT2D eigenvalue weighted by Crippen LogP contribution is -2.46. The molecule has 1 aliphatic heterocycles. The summed E-state index contributed by atoms with van der Waals surface area (Å²) in [5.74, 6) is 2.71. The SMILES string of the molecule is CCOCC(NC(=O)CC1CSCCN1)C(C)C. The third-order valence-corrected chi connectivity index (χ3v) is 4.21. The minimum atomic E-state index is 0.119. The maximum atomic E-state index is 12.0. The zero-order valence-electron chi connectivity index (χ0n) is 11.7. The Hall–Kier alpha value is -0.260. The molecule has 2 N–H and O–H groups in total. The number of rotatable bonds is 7. The van der Waals surface area contributed by atoms with E-state index in [1.165, 1.54) is 0 Å². The first-order chi connectivity index (χ1) is 8.63. The van der Waals surface area contributed by atoms with E-state index >= 15 is 0 Å². The number of hydrogen-bond acceptors (Lipinski definition) is 4. The molecule has 2 atom stereocenters. The molecule has 0 aliphatic carbocycles. The second-order valence-electron chi connectivity index (χ2n) is 5.01. The lowest BCUT2D eigenvalue weighted by Gasteiger charge is -2.26. The van der Waals surface area contributed by atoms with E-state index in [4.69, 9.17) is 4.74 Å². The standard InChI is InChI=1S/C13H26N2O2S/c1-4-17-8-12(10(2)3)15-13(16)7-11-9-18-6-5-14-11/h10-12,14H,4-9H2,1-3H3,(H,15,16). The molecule has 2 unspecified atom stereocenters. The van der Waals surface area contributed by atoms with E-state index < -0.39 is 0 Å². The van der Waals surface area contributed by atoms with Gasteiger partial charge in [0.1, 0.15) is 0 Å². The zero-order chi connectivity index (χ0) is 13.4. The van der Waals surface area contributed by atoms with Crippen molar-refractivity contribution in [2.45, 2.75) is 39.3 Å². The summed E-state index contributed by atoms with van der Waals surface area (Å²) in [6, 6.07) is 0.442. The molecule has 0 aromatic rings. The Morgan fingerprint density at radius 2 is 2.33 bits per heavy atom. The minimum absolute atomic E-state index is 0.119. The van der Waals surface area contributed by atoms with Gasteiger partial charge in [-0.25, -0.2) is 0 Å². The molecule has 1 heterocycles. The molecule has 106 valence electrons. The normalized spacial score (nSPS) is 21.9. The molecule has 4 nitrogen and oxygen atoms in total. The van der Waals surface area contributed by atoms with E-state index in [1.807, 2.05) is 18.7 Å². The minimum Gasteiger partial charge on any atom is -0.380 e. The molecule has 18 heavy (non-hydrogen) atoms. The number of thioether (sulfide) groups is 1. The Bertz CT molecular complexity index is 243. The third kappa shape index (κ3) is 6.07. The number of amides is 1. The van der Waals surface area contributed by atoms with Crippen molar-refractivity contribution in [1.82, 2.24) is 10.6 Å². The molecule has 1 aliphatic rings. The lowest BCUT2D eigenvalue weighted by atomic mass is 10.0. The number of carbonyl (C=O) groups excluding carboxylic acids is 1. The molecular weight excluding hydrogens is 248 g/mol. The smallest absolute Gasteiger partial charge is 0.221 e. The average Bonchev–Trinajstić information content (AvgIpc) is 2.35. The topological polar surface area (TPSA) is 50.4 Å². The Balaban J connectivity index is 2.30. The van der Waals surface area contributed by atoms with Gasteiger partial charge in [0.25, 0.3) is 0 Å². The van der Waals surface area contributed by atoms with Gasteiger partial charge in [-0.2, -0.15) is 11.8 Å². The van der Waals surface area contributed by atoms with Gasteiger partial charge < -0.3 is 15.4 Å². The molecule has 1 rings (SSSR count). The van der Waals surface area contributed by atoms with Gasteiger partial charge in [-0.3, -0.25) is 4.79 Å².